The van der Waals surface area contributed by atoms with Gasteiger partial charge in [-0.2, -0.15) is 0 Å². The van der Waals surface area contributed by atoms with E-state index in [4.69, 9.17) is 9.47 Å². The van der Waals surface area contributed by atoms with Crippen LogP contribution in [-0.2, 0) is 20.7 Å². The molecular weight excluding hydrogens is 260 g/mol. The van der Waals surface area contributed by atoms with Crippen molar-refractivity contribution >= 4 is 18.2 Å². The van der Waals surface area contributed by atoms with E-state index in [9.17, 15) is 14.4 Å². The fraction of sp³-hybridized carbons (Fsp3) is 0.400. The van der Waals surface area contributed by atoms with Gasteiger partial charge in [0.05, 0.1) is 18.8 Å². The minimum atomic E-state index is -0.491. The molecule has 5 nitrogen and oxygen atoms in total. The predicted octanol–water partition coefficient (Wildman–Crippen LogP) is 2.17. The molecule has 1 rings (SSSR count). The molecule has 0 aromatic heterocycles. The zero-order chi connectivity index (χ0) is 15.0. The molecule has 0 aliphatic carbocycles. The molecule has 0 unspecified atom stereocenters. The monoisotopic (exact) mass is 278 g/mol. The van der Waals surface area contributed by atoms with Crippen molar-refractivity contribution in [1.29, 1.82) is 0 Å². The Kier molecular flexibility index (Phi) is 6.43. The zero-order valence-electron chi connectivity index (χ0n) is 11.7. The van der Waals surface area contributed by atoms with Crippen molar-refractivity contribution < 1.29 is 23.9 Å². The summed E-state index contributed by atoms with van der Waals surface area (Å²) in [6.07, 6.45) is 1.21. The first-order valence-corrected chi connectivity index (χ1v) is 6.53. The van der Waals surface area contributed by atoms with E-state index in [0.29, 0.717) is 36.0 Å². The van der Waals surface area contributed by atoms with Crippen molar-refractivity contribution in [2.24, 2.45) is 0 Å². The quantitative estimate of drug-likeness (QED) is 0.564. The number of rotatable bonds is 7. The average Bonchev–Trinajstić information content (AvgIpc) is 2.45. The number of benzene rings is 1. The molecule has 108 valence electrons. The van der Waals surface area contributed by atoms with Crippen LogP contribution < -0.4 is 0 Å². The van der Waals surface area contributed by atoms with Crippen LogP contribution in [-0.4, -0.2) is 31.4 Å². The maximum absolute atomic E-state index is 11.8. The Hall–Kier alpha value is -2.17. The van der Waals surface area contributed by atoms with Gasteiger partial charge in [-0.25, -0.2) is 4.79 Å². The minimum absolute atomic E-state index is 0.181. The Morgan fingerprint density at radius 3 is 2.45 bits per heavy atom. The highest BCUT2D eigenvalue weighted by molar-refractivity contribution is 5.93. The van der Waals surface area contributed by atoms with Crippen LogP contribution in [0.1, 0.15) is 46.5 Å². The molecule has 0 saturated carbocycles. The predicted molar refractivity (Wildman–Crippen MR) is 72.7 cm³/mol. The fourth-order valence-corrected chi connectivity index (χ4v) is 1.75. The third-order valence-electron chi connectivity index (χ3n) is 2.67. The van der Waals surface area contributed by atoms with Crippen molar-refractivity contribution in [3.8, 4) is 0 Å². The van der Waals surface area contributed by atoms with Crippen LogP contribution in [0.4, 0.5) is 0 Å². The lowest BCUT2D eigenvalue weighted by Gasteiger charge is -2.09. The van der Waals surface area contributed by atoms with E-state index in [1.54, 1.807) is 26.0 Å². The highest BCUT2D eigenvalue weighted by Crippen LogP contribution is 2.15. The minimum Gasteiger partial charge on any atom is -0.466 e. The van der Waals surface area contributed by atoms with Crippen LogP contribution in [0.15, 0.2) is 18.2 Å². The van der Waals surface area contributed by atoms with Crippen LogP contribution in [0.5, 0.6) is 0 Å². The number of aldehydes is 1. The lowest BCUT2D eigenvalue weighted by atomic mass is 10.0. The van der Waals surface area contributed by atoms with E-state index < -0.39 is 5.97 Å². The molecule has 0 radical (unpaired) electrons. The van der Waals surface area contributed by atoms with Gasteiger partial charge in [-0.05, 0) is 31.9 Å². The maximum Gasteiger partial charge on any atom is 0.338 e. The van der Waals surface area contributed by atoms with Gasteiger partial charge in [0.25, 0.3) is 0 Å². The summed E-state index contributed by atoms with van der Waals surface area (Å²) < 4.78 is 9.80. The molecule has 0 saturated heterocycles. The Morgan fingerprint density at radius 2 is 1.85 bits per heavy atom. The van der Waals surface area contributed by atoms with Gasteiger partial charge < -0.3 is 9.47 Å². The van der Waals surface area contributed by atoms with Crippen LogP contribution >= 0.6 is 0 Å². The molecule has 0 amide bonds. The first-order chi connectivity index (χ1) is 9.62. The smallest absolute Gasteiger partial charge is 0.338 e. The van der Waals surface area contributed by atoms with E-state index in [-0.39, 0.29) is 19.0 Å². The second kappa shape index (κ2) is 8.09. The van der Waals surface area contributed by atoms with Crippen molar-refractivity contribution in [2.75, 3.05) is 13.2 Å². The molecule has 0 spiro atoms. The molecule has 0 atom stereocenters. The summed E-state index contributed by atoms with van der Waals surface area (Å²) in [5.41, 5.74) is 1.38. The number of esters is 2. The van der Waals surface area contributed by atoms with E-state index in [0.717, 1.165) is 0 Å². The van der Waals surface area contributed by atoms with E-state index in [1.165, 1.54) is 6.07 Å². The number of ether oxygens (including phenoxy) is 2. The van der Waals surface area contributed by atoms with Gasteiger partial charge in [-0.1, -0.05) is 12.1 Å². The van der Waals surface area contributed by atoms with Gasteiger partial charge in [-0.15, -0.1) is 0 Å². The lowest BCUT2D eigenvalue weighted by molar-refractivity contribution is -0.143. The third-order valence-corrected chi connectivity index (χ3v) is 2.67. The molecule has 1 aromatic carbocycles. The van der Waals surface area contributed by atoms with Crippen molar-refractivity contribution in [3.05, 3.63) is 34.9 Å². The zero-order valence-corrected chi connectivity index (χ0v) is 11.7. The van der Waals surface area contributed by atoms with Gasteiger partial charge in [0.1, 0.15) is 6.29 Å². The van der Waals surface area contributed by atoms with E-state index in [2.05, 4.69) is 0 Å². The maximum atomic E-state index is 11.8. The molecule has 20 heavy (non-hydrogen) atoms. The Balaban J connectivity index is 2.90. The largest absolute Gasteiger partial charge is 0.466 e. The number of carbonyl (C=O) groups excluding carboxylic acids is 3. The first-order valence-electron chi connectivity index (χ1n) is 6.53. The first kappa shape index (κ1) is 15.9. The summed E-state index contributed by atoms with van der Waals surface area (Å²) in [6.45, 7) is 4.02. The van der Waals surface area contributed by atoms with E-state index in [1.807, 2.05) is 0 Å². The van der Waals surface area contributed by atoms with Crippen LogP contribution in [0.2, 0.25) is 0 Å². The third kappa shape index (κ3) is 4.50. The summed E-state index contributed by atoms with van der Waals surface area (Å²) in [6, 6.07) is 4.75. The Morgan fingerprint density at radius 1 is 1.15 bits per heavy atom. The fourth-order valence-electron chi connectivity index (χ4n) is 1.75. The SMILES string of the molecule is CCOC(=O)CCc1ccc(C=O)cc1C(=O)OCC. The number of aryl methyl sites for hydroxylation is 1. The molecule has 5 heteroatoms. The molecule has 0 fully saturated rings. The van der Waals surface area contributed by atoms with Gasteiger partial charge in [-0.3, -0.25) is 9.59 Å². The summed E-state index contributed by atoms with van der Waals surface area (Å²) in [5.74, 6) is -0.808. The van der Waals surface area contributed by atoms with E-state index >= 15 is 0 Å². The van der Waals surface area contributed by atoms with Gasteiger partial charge in [0.2, 0.25) is 0 Å². The summed E-state index contributed by atoms with van der Waals surface area (Å²) in [7, 11) is 0. The number of hydrogen-bond donors (Lipinski definition) is 0. The van der Waals surface area contributed by atoms with Crippen molar-refractivity contribution in [1.82, 2.24) is 0 Å². The normalized spacial score (nSPS) is 9.90. The standard InChI is InChI=1S/C15H18O5/c1-3-19-14(17)8-7-12-6-5-11(10-16)9-13(12)15(18)20-4-2/h5-6,9-10H,3-4,7-8H2,1-2H3. The molecule has 0 heterocycles. The molecule has 0 aliphatic rings. The molecule has 0 N–H and O–H groups in total. The Bertz CT molecular complexity index is 493. The van der Waals surface area contributed by atoms with Gasteiger partial charge in [0.15, 0.2) is 0 Å². The Labute approximate surface area is 117 Å². The summed E-state index contributed by atoms with van der Waals surface area (Å²) in [4.78, 5) is 34.0. The summed E-state index contributed by atoms with van der Waals surface area (Å²) >= 11 is 0. The highest BCUT2D eigenvalue weighted by Gasteiger charge is 2.14. The number of carbonyl (C=O) groups is 3. The van der Waals surface area contributed by atoms with Crippen molar-refractivity contribution in [2.45, 2.75) is 26.7 Å². The lowest BCUT2D eigenvalue weighted by Crippen LogP contribution is -2.11. The summed E-state index contributed by atoms with van der Waals surface area (Å²) in [5, 5.41) is 0. The molecule has 0 bridgehead atoms. The van der Waals surface area contributed by atoms with Crippen LogP contribution in [0.3, 0.4) is 0 Å². The second-order valence-corrected chi connectivity index (χ2v) is 4.06. The molecule has 0 aliphatic heterocycles. The molecule has 1 aromatic rings. The topological polar surface area (TPSA) is 69.7 Å². The van der Waals surface area contributed by atoms with Crippen LogP contribution in [0, 0.1) is 0 Å². The number of hydrogen-bond acceptors (Lipinski definition) is 5. The second-order valence-electron chi connectivity index (χ2n) is 4.06. The van der Waals surface area contributed by atoms with Crippen LogP contribution in [0.25, 0.3) is 0 Å². The van der Waals surface area contributed by atoms with Crippen molar-refractivity contribution in [3.63, 3.8) is 0 Å². The van der Waals surface area contributed by atoms with Gasteiger partial charge in [0, 0.05) is 12.0 Å². The highest BCUT2D eigenvalue weighted by atomic mass is 16.5. The molecular formula is C15H18O5. The van der Waals surface area contributed by atoms with Gasteiger partial charge >= 0.3 is 11.9 Å². The average molecular weight is 278 g/mol.